The maximum absolute atomic E-state index is 6.00. The Morgan fingerprint density at radius 1 is 1.40 bits per heavy atom. The third-order valence-corrected chi connectivity index (χ3v) is 4.51. The zero-order valence-corrected chi connectivity index (χ0v) is 11.5. The van der Waals surface area contributed by atoms with E-state index in [4.69, 9.17) is 5.73 Å². The number of rotatable bonds is 1. The van der Waals surface area contributed by atoms with Crippen LogP contribution in [0.5, 0.6) is 0 Å². The highest BCUT2D eigenvalue weighted by atomic mass is 32.1. The second-order valence-corrected chi connectivity index (χ2v) is 5.62. The van der Waals surface area contributed by atoms with Gasteiger partial charge in [-0.05, 0) is 12.1 Å². The normalized spacial score (nSPS) is 11.7. The average molecular weight is 283 g/mol. The molecule has 20 heavy (non-hydrogen) atoms. The predicted molar refractivity (Wildman–Crippen MR) is 80.3 cm³/mol. The molecule has 0 unspecified atom stereocenters. The van der Waals surface area contributed by atoms with Crippen molar-refractivity contribution in [1.29, 1.82) is 0 Å². The number of nitrogens with zero attached hydrogens (tertiary/aromatic N) is 4. The summed E-state index contributed by atoms with van der Waals surface area (Å²) in [4.78, 5) is 9.87. The molecule has 4 rings (SSSR count). The molecule has 0 fully saturated rings. The Kier molecular flexibility index (Phi) is 2.17. The topological polar surface area (TPSA) is 85.4 Å². The molecule has 0 saturated carbocycles. The number of thiophene rings is 1. The van der Waals surface area contributed by atoms with Crippen LogP contribution in [0.15, 0.2) is 18.3 Å². The third-order valence-electron chi connectivity index (χ3n) is 3.35. The van der Waals surface area contributed by atoms with Crippen LogP contribution in [0.4, 0.5) is 5.82 Å². The van der Waals surface area contributed by atoms with E-state index >= 15 is 0 Å². The van der Waals surface area contributed by atoms with Crippen LogP contribution in [0.1, 0.15) is 5.82 Å². The first-order chi connectivity index (χ1) is 9.65. The molecule has 0 spiro atoms. The van der Waals surface area contributed by atoms with Crippen LogP contribution in [-0.2, 0) is 7.05 Å². The number of hydrogen-bond donors (Lipinski definition) is 2. The Hall–Kier alpha value is -2.41. The van der Waals surface area contributed by atoms with Crippen LogP contribution in [0, 0.1) is 6.92 Å². The van der Waals surface area contributed by atoms with E-state index in [9.17, 15) is 0 Å². The molecule has 1 radical (unpaired) electrons. The number of aromatic amines is 1. The highest BCUT2D eigenvalue weighted by Gasteiger charge is 2.16. The second-order valence-electron chi connectivity index (χ2n) is 4.57. The minimum atomic E-state index is 0.435. The molecule has 0 saturated heterocycles. The third kappa shape index (κ3) is 1.41. The van der Waals surface area contributed by atoms with E-state index in [2.05, 4.69) is 27.1 Å². The van der Waals surface area contributed by atoms with Crippen molar-refractivity contribution in [3.8, 4) is 10.6 Å². The number of anilines is 1. The van der Waals surface area contributed by atoms with Gasteiger partial charge < -0.3 is 10.3 Å². The summed E-state index contributed by atoms with van der Waals surface area (Å²) in [6.07, 6.45) is 1.80. The molecule has 99 valence electrons. The van der Waals surface area contributed by atoms with Gasteiger partial charge in [-0.3, -0.25) is 5.10 Å². The van der Waals surface area contributed by atoms with Crippen molar-refractivity contribution < 1.29 is 0 Å². The first-order valence-electron chi connectivity index (χ1n) is 6.02. The summed E-state index contributed by atoms with van der Waals surface area (Å²) in [6, 6.07) is 3.93. The first kappa shape index (κ1) is 11.4. The number of nitrogens with one attached hydrogen (secondary N) is 1. The van der Waals surface area contributed by atoms with E-state index < -0.39 is 0 Å². The van der Waals surface area contributed by atoms with Crippen LogP contribution >= 0.6 is 11.3 Å². The van der Waals surface area contributed by atoms with Crippen LogP contribution in [-0.4, -0.2) is 24.7 Å². The van der Waals surface area contributed by atoms with Crippen molar-refractivity contribution >= 4 is 38.4 Å². The number of nitrogen functional groups attached to an aromatic ring is 1. The highest BCUT2D eigenvalue weighted by Crippen LogP contribution is 2.37. The smallest absolute Gasteiger partial charge is 0.152 e. The van der Waals surface area contributed by atoms with E-state index in [1.807, 2.05) is 23.7 Å². The Morgan fingerprint density at radius 3 is 3.00 bits per heavy atom. The van der Waals surface area contributed by atoms with E-state index in [0.717, 1.165) is 26.3 Å². The van der Waals surface area contributed by atoms with Gasteiger partial charge in [0.2, 0.25) is 0 Å². The molecule has 0 aliphatic carbocycles. The summed E-state index contributed by atoms with van der Waals surface area (Å²) in [5.74, 6) is 1.11. The van der Waals surface area contributed by atoms with Gasteiger partial charge in [0.15, 0.2) is 5.82 Å². The summed E-state index contributed by atoms with van der Waals surface area (Å²) in [6.45, 7) is 3.92. The average Bonchev–Trinajstić information content (AvgIpc) is 3.10. The van der Waals surface area contributed by atoms with Gasteiger partial charge in [0.25, 0.3) is 0 Å². The SMILES string of the molecule is [CH2]c1nc2c(N)nc3cc(-c4cc[nH]n4)sc3c2n1C. The molecule has 0 amide bonds. The van der Waals surface area contributed by atoms with Crippen molar-refractivity contribution in [3.63, 3.8) is 0 Å². The maximum Gasteiger partial charge on any atom is 0.152 e. The zero-order chi connectivity index (χ0) is 13.9. The number of nitrogens with two attached hydrogens (primary N) is 1. The van der Waals surface area contributed by atoms with Gasteiger partial charge in [0, 0.05) is 20.2 Å². The Morgan fingerprint density at radius 2 is 2.25 bits per heavy atom. The summed E-state index contributed by atoms with van der Waals surface area (Å²) >= 11 is 1.63. The number of fused-ring (bicyclic) bond motifs is 3. The van der Waals surface area contributed by atoms with E-state index in [-0.39, 0.29) is 0 Å². The molecule has 3 N–H and O–H groups in total. The molecule has 0 bridgehead atoms. The Labute approximate surface area is 118 Å². The van der Waals surface area contributed by atoms with Gasteiger partial charge >= 0.3 is 0 Å². The Bertz CT molecular complexity index is 931. The quantitative estimate of drug-likeness (QED) is 0.561. The van der Waals surface area contributed by atoms with Crippen LogP contribution in [0.2, 0.25) is 0 Å². The number of hydrogen-bond acceptors (Lipinski definition) is 5. The highest BCUT2D eigenvalue weighted by molar-refractivity contribution is 7.23. The van der Waals surface area contributed by atoms with Gasteiger partial charge in [-0.2, -0.15) is 5.10 Å². The lowest BCUT2D eigenvalue weighted by Crippen LogP contribution is -1.93. The first-order valence-corrected chi connectivity index (χ1v) is 6.84. The number of imidazole rings is 1. The number of aromatic nitrogens is 5. The lowest BCUT2D eigenvalue weighted by atomic mass is 10.3. The van der Waals surface area contributed by atoms with Crippen molar-refractivity contribution in [3.05, 3.63) is 31.1 Å². The summed E-state index contributed by atoms with van der Waals surface area (Å²) in [5.41, 5.74) is 9.45. The molecule has 6 nitrogen and oxygen atoms in total. The van der Waals surface area contributed by atoms with Gasteiger partial charge in [-0.15, -0.1) is 11.3 Å². The lowest BCUT2D eigenvalue weighted by Gasteiger charge is -1.99. The zero-order valence-electron chi connectivity index (χ0n) is 10.7. The van der Waals surface area contributed by atoms with E-state index in [1.54, 1.807) is 17.5 Å². The minimum absolute atomic E-state index is 0.435. The molecule has 0 aromatic carbocycles. The standard InChI is InChI=1S/C13H11N6S/c1-6-16-10-11(19(6)2)12-8(17-13(10)14)5-9(20-12)7-3-4-15-18-7/h3-5H,1H2,2H3,(H2,14,17)(H,15,18). The molecule has 0 atom stereocenters. The molecule has 4 aromatic heterocycles. The molecule has 0 aliphatic rings. The summed E-state index contributed by atoms with van der Waals surface area (Å²) in [5, 5.41) is 7.02. The van der Waals surface area contributed by atoms with Crippen LogP contribution in [0.25, 0.3) is 31.8 Å². The largest absolute Gasteiger partial charge is 0.382 e. The van der Waals surface area contributed by atoms with Crippen molar-refractivity contribution in [2.24, 2.45) is 7.05 Å². The monoisotopic (exact) mass is 283 g/mol. The fraction of sp³-hybridized carbons (Fsp3) is 0.0769. The van der Waals surface area contributed by atoms with Crippen LogP contribution < -0.4 is 5.73 Å². The summed E-state index contributed by atoms with van der Waals surface area (Å²) < 4.78 is 3.00. The molecule has 7 heteroatoms. The predicted octanol–water partition coefficient (Wildman–Crippen LogP) is 2.34. The molecular weight excluding hydrogens is 272 g/mol. The number of pyridine rings is 1. The van der Waals surface area contributed by atoms with Crippen molar-refractivity contribution in [1.82, 2.24) is 24.7 Å². The van der Waals surface area contributed by atoms with Crippen molar-refractivity contribution in [2.45, 2.75) is 0 Å². The van der Waals surface area contributed by atoms with E-state index in [1.165, 1.54) is 0 Å². The fourth-order valence-corrected chi connectivity index (χ4v) is 3.47. The molecule has 4 heterocycles. The van der Waals surface area contributed by atoms with E-state index in [0.29, 0.717) is 17.2 Å². The Balaban J connectivity index is 2.14. The summed E-state index contributed by atoms with van der Waals surface area (Å²) in [7, 11) is 1.94. The van der Waals surface area contributed by atoms with Gasteiger partial charge in [0.05, 0.1) is 20.6 Å². The van der Waals surface area contributed by atoms with Gasteiger partial charge in [-0.1, -0.05) is 0 Å². The van der Waals surface area contributed by atoms with Gasteiger partial charge in [0.1, 0.15) is 17.0 Å². The number of H-pyrrole nitrogens is 1. The van der Waals surface area contributed by atoms with Crippen LogP contribution in [0.3, 0.4) is 0 Å². The van der Waals surface area contributed by atoms with Crippen molar-refractivity contribution in [2.75, 3.05) is 5.73 Å². The lowest BCUT2D eigenvalue weighted by molar-refractivity contribution is 0.919. The molecule has 0 aliphatic heterocycles. The molecule has 4 aromatic rings. The minimum Gasteiger partial charge on any atom is -0.382 e. The molecular formula is C13H11N6S. The second kappa shape index (κ2) is 3.80. The maximum atomic E-state index is 6.00. The van der Waals surface area contributed by atoms with Gasteiger partial charge in [-0.25, -0.2) is 9.97 Å². The fourth-order valence-electron chi connectivity index (χ4n) is 2.32. The number of aryl methyl sites for hydroxylation is 1.